The number of amides is 2. The molecule has 156 valence electrons. The molecule has 31 heavy (non-hydrogen) atoms. The van der Waals surface area contributed by atoms with Gasteiger partial charge < -0.3 is 4.74 Å². The highest BCUT2D eigenvalue weighted by Gasteiger charge is 2.45. The number of anilines is 3. The fourth-order valence-corrected chi connectivity index (χ4v) is 3.99. The normalized spacial score (nSPS) is 17.1. The van der Waals surface area contributed by atoms with Crippen molar-refractivity contribution in [1.82, 2.24) is 15.0 Å². The second kappa shape index (κ2) is 6.87. The van der Waals surface area contributed by atoms with Gasteiger partial charge in [-0.25, -0.2) is 19.7 Å². The van der Waals surface area contributed by atoms with Crippen LogP contribution in [0.15, 0.2) is 48.8 Å². The van der Waals surface area contributed by atoms with E-state index < -0.39 is 11.5 Å². The van der Waals surface area contributed by atoms with Gasteiger partial charge in [0.1, 0.15) is 24.1 Å². The lowest BCUT2D eigenvalue weighted by Crippen LogP contribution is -2.34. The van der Waals surface area contributed by atoms with Crippen molar-refractivity contribution in [1.29, 1.82) is 0 Å². The van der Waals surface area contributed by atoms with Gasteiger partial charge in [0.15, 0.2) is 0 Å². The number of pyridine rings is 1. The van der Waals surface area contributed by atoms with Gasteiger partial charge in [-0.2, -0.15) is 0 Å². The highest BCUT2D eigenvalue weighted by Crippen LogP contribution is 2.46. The molecule has 0 spiro atoms. The van der Waals surface area contributed by atoms with Gasteiger partial charge in [-0.15, -0.1) is 0 Å². The highest BCUT2D eigenvalue weighted by atomic mass is 16.6. The minimum absolute atomic E-state index is 0.0755. The molecule has 8 nitrogen and oxygen atoms in total. The first-order valence-electron chi connectivity index (χ1n) is 10.1. The molecule has 0 unspecified atom stereocenters. The van der Waals surface area contributed by atoms with Crippen LogP contribution >= 0.6 is 0 Å². The van der Waals surface area contributed by atoms with E-state index in [0.717, 1.165) is 22.4 Å². The van der Waals surface area contributed by atoms with Gasteiger partial charge in [0.25, 0.3) is 0 Å². The van der Waals surface area contributed by atoms with E-state index in [1.165, 1.54) is 4.90 Å². The molecule has 0 saturated carbocycles. The van der Waals surface area contributed by atoms with E-state index in [0.29, 0.717) is 30.6 Å². The predicted octanol–water partition coefficient (Wildman–Crippen LogP) is 3.76. The standard InChI is InChI=1S/C23H21N5O3/c1-14-24-12-16(13-25-14)15-7-8-17-18(11-15)28(21(29)23(17,2)3)20-6-4-5-19(26-20)27-9-10-31-22(27)30/h4-8,11-13H,9-10H2,1-3H3. The maximum Gasteiger partial charge on any atom is 0.415 e. The van der Waals surface area contributed by atoms with Crippen LogP contribution in [0.4, 0.5) is 22.1 Å². The summed E-state index contributed by atoms with van der Waals surface area (Å²) in [6.45, 7) is 6.41. The van der Waals surface area contributed by atoms with Gasteiger partial charge in [-0.05, 0) is 50.1 Å². The third-order valence-corrected chi connectivity index (χ3v) is 5.75. The van der Waals surface area contributed by atoms with Crippen molar-refractivity contribution in [2.24, 2.45) is 0 Å². The summed E-state index contributed by atoms with van der Waals surface area (Å²) >= 11 is 0. The Morgan fingerprint density at radius 3 is 2.45 bits per heavy atom. The second-order valence-corrected chi connectivity index (χ2v) is 8.14. The van der Waals surface area contributed by atoms with Crippen molar-refractivity contribution in [3.63, 3.8) is 0 Å². The van der Waals surface area contributed by atoms with Crippen LogP contribution in [0.25, 0.3) is 11.1 Å². The number of fused-ring (bicyclic) bond motifs is 1. The average molecular weight is 415 g/mol. The van der Waals surface area contributed by atoms with Crippen LogP contribution < -0.4 is 9.80 Å². The summed E-state index contributed by atoms with van der Waals surface area (Å²) in [5.41, 5.74) is 2.76. The summed E-state index contributed by atoms with van der Waals surface area (Å²) in [7, 11) is 0. The van der Waals surface area contributed by atoms with Crippen molar-refractivity contribution in [2.75, 3.05) is 23.0 Å². The Morgan fingerprint density at radius 1 is 1.00 bits per heavy atom. The summed E-state index contributed by atoms with van der Waals surface area (Å²) in [4.78, 5) is 41.7. The fraction of sp³-hybridized carbons (Fsp3) is 0.261. The maximum atomic E-state index is 13.4. The number of rotatable bonds is 3. The number of ether oxygens (including phenoxy) is 1. The summed E-state index contributed by atoms with van der Waals surface area (Å²) in [6.07, 6.45) is 3.11. The smallest absolute Gasteiger partial charge is 0.415 e. The quantitative estimate of drug-likeness (QED) is 0.647. The van der Waals surface area contributed by atoms with Gasteiger partial charge in [0.2, 0.25) is 5.91 Å². The molecule has 5 rings (SSSR count). The van der Waals surface area contributed by atoms with Crippen LogP contribution in [-0.4, -0.2) is 40.1 Å². The van der Waals surface area contributed by atoms with Gasteiger partial charge in [-0.1, -0.05) is 18.2 Å². The number of hydrogen-bond donors (Lipinski definition) is 0. The SMILES string of the molecule is Cc1ncc(-c2ccc3c(c2)N(c2cccc(N4CCOC4=O)n2)C(=O)C3(C)C)cn1. The zero-order valence-corrected chi connectivity index (χ0v) is 17.5. The number of carbonyl (C=O) groups is 2. The van der Waals surface area contributed by atoms with Crippen LogP contribution in [-0.2, 0) is 14.9 Å². The number of benzene rings is 1. The number of hydrogen-bond acceptors (Lipinski definition) is 6. The van der Waals surface area contributed by atoms with Crippen molar-refractivity contribution in [2.45, 2.75) is 26.2 Å². The molecule has 0 aliphatic carbocycles. The van der Waals surface area contributed by atoms with Crippen molar-refractivity contribution in [3.8, 4) is 11.1 Å². The van der Waals surface area contributed by atoms with Gasteiger partial charge >= 0.3 is 6.09 Å². The third-order valence-electron chi connectivity index (χ3n) is 5.75. The molecule has 0 atom stereocenters. The van der Waals surface area contributed by atoms with E-state index in [-0.39, 0.29) is 5.91 Å². The number of carbonyl (C=O) groups excluding carboxylic acids is 2. The first-order chi connectivity index (χ1) is 14.9. The van der Waals surface area contributed by atoms with E-state index >= 15 is 0 Å². The molecule has 2 aromatic heterocycles. The van der Waals surface area contributed by atoms with E-state index in [1.807, 2.05) is 39.0 Å². The predicted molar refractivity (Wildman–Crippen MR) is 115 cm³/mol. The molecule has 8 heteroatoms. The van der Waals surface area contributed by atoms with Crippen LogP contribution in [0.2, 0.25) is 0 Å². The van der Waals surface area contributed by atoms with Gasteiger partial charge in [0.05, 0.1) is 17.6 Å². The van der Waals surface area contributed by atoms with E-state index in [1.54, 1.807) is 35.5 Å². The Hall–Kier alpha value is -3.81. The monoisotopic (exact) mass is 415 g/mol. The molecule has 0 bridgehead atoms. The summed E-state index contributed by atoms with van der Waals surface area (Å²) in [5, 5.41) is 0. The Bertz CT molecular complexity index is 1210. The molecule has 0 radical (unpaired) electrons. The zero-order valence-electron chi connectivity index (χ0n) is 17.5. The van der Waals surface area contributed by atoms with Crippen molar-refractivity contribution in [3.05, 3.63) is 60.2 Å². The minimum Gasteiger partial charge on any atom is -0.447 e. The Morgan fingerprint density at radius 2 is 1.74 bits per heavy atom. The molecule has 1 aromatic carbocycles. The Labute approximate surface area is 179 Å². The molecule has 1 fully saturated rings. The van der Waals surface area contributed by atoms with Crippen molar-refractivity contribution >= 4 is 29.3 Å². The van der Waals surface area contributed by atoms with Crippen LogP contribution in [0.5, 0.6) is 0 Å². The van der Waals surface area contributed by atoms with E-state index in [9.17, 15) is 9.59 Å². The summed E-state index contributed by atoms with van der Waals surface area (Å²) in [5.74, 6) is 1.55. The fourth-order valence-electron chi connectivity index (χ4n) is 3.99. The molecule has 3 aromatic rings. The maximum absolute atomic E-state index is 13.4. The highest BCUT2D eigenvalue weighted by molar-refractivity contribution is 6.12. The Balaban J connectivity index is 1.61. The summed E-state index contributed by atoms with van der Waals surface area (Å²) < 4.78 is 5.02. The molecule has 0 N–H and O–H groups in total. The topological polar surface area (TPSA) is 88.5 Å². The van der Waals surface area contributed by atoms with Gasteiger partial charge in [0, 0.05) is 18.0 Å². The number of cyclic esters (lactones) is 1. The zero-order chi connectivity index (χ0) is 21.8. The first-order valence-corrected chi connectivity index (χ1v) is 10.1. The van der Waals surface area contributed by atoms with Crippen LogP contribution in [0.3, 0.4) is 0 Å². The molecule has 2 amide bonds. The largest absolute Gasteiger partial charge is 0.447 e. The first kappa shape index (κ1) is 19.2. The van der Waals surface area contributed by atoms with E-state index in [4.69, 9.17) is 4.74 Å². The lowest BCUT2D eigenvalue weighted by molar-refractivity contribution is -0.121. The second-order valence-electron chi connectivity index (χ2n) is 8.14. The van der Waals surface area contributed by atoms with Crippen LogP contribution in [0.1, 0.15) is 25.2 Å². The number of aryl methyl sites for hydroxylation is 1. The Kier molecular flexibility index (Phi) is 4.25. The average Bonchev–Trinajstić information content (AvgIpc) is 3.27. The van der Waals surface area contributed by atoms with Crippen LogP contribution in [0, 0.1) is 6.92 Å². The molecular weight excluding hydrogens is 394 g/mol. The van der Waals surface area contributed by atoms with Gasteiger partial charge in [-0.3, -0.25) is 14.6 Å². The molecule has 1 saturated heterocycles. The molecule has 2 aliphatic heterocycles. The summed E-state index contributed by atoms with van der Waals surface area (Å²) in [6, 6.07) is 11.2. The third kappa shape index (κ3) is 3.02. The minimum atomic E-state index is -0.706. The lowest BCUT2D eigenvalue weighted by Gasteiger charge is -2.21. The number of aromatic nitrogens is 3. The number of nitrogens with zero attached hydrogens (tertiary/aromatic N) is 5. The molecule has 4 heterocycles. The van der Waals surface area contributed by atoms with Crippen molar-refractivity contribution < 1.29 is 14.3 Å². The lowest BCUT2D eigenvalue weighted by atomic mass is 9.85. The molecule has 2 aliphatic rings. The van der Waals surface area contributed by atoms with E-state index in [2.05, 4.69) is 15.0 Å². The molecular formula is C23H21N5O3.